The maximum atomic E-state index is 5.73. The summed E-state index contributed by atoms with van der Waals surface area (Å²) in [4.78, 5) is 4.87. The van der Waals surface area contributed by atoms with E-state index in [9.17, 15) is 0 Å². The van der Waals surface area contributed by atoms with Crippen molar-refractivity contribution in [1.29, 1.82) is 0 Å². The monoisotopic (exact) mass is 411 g/mol. The molecule has 0 fully saturated rings. The third-order valence-corrected chi connectivity index (χ3v) is 6.71. The van der Waals surface area contributed by atoms with E-state index >= 15 is 0 Å². The van der Waals surface area contributed by atoms with Crippen LogP contribution in [0.4, 0.5) is 5.69 Å². The zero-order valence-corrected chi connectivity index (χ0v) is 18.2. The van der Waals surface area contributed by atoms with E-state index in [1.54, 1.807) is 18.9 Å². The molecule has 4 rings (SSSR count). The van der Waals surface area contributed by atoms with Crippen LogP contribution in [0.15, 0.2) is 40.1 Å². The Morgan fingerprint density at radius 3 is 2.76 bits per heavy atom. The number of hydrogen-bond donors (Lipinski definition) is 2. The normalized spacial score (nSPS) is 12.4. The van der Waals surface area contributed by atoms with Crippen LogP contribution in [0.25, 0.3) is 22.2 Å². The predicted octanol–water partition coefficient (Wildman–Crippen LogP) is 3.89. The molecule has 0 unspecified atom stereocenters. The summed E-state index contributed by atoms with van der Waals surface area (Å²) < 4.78 is 7.64. The van der Waals surface area contributed by atoms with Crippen LogP contribution in [-0.4, -0.2) is 54.5 Å². The SMILES string of the molecule is CCN(CC)CCn1nc2c3c(c(NCCN)ccc31)Sc1ccc(OC)cc1-2. The number of anilines is 1. The molecule has 6 nitrogen and oxygen atoms in total. The molecule has 0 saturated carbocycles. The molecule has 154 valence electrons. The summed E-state index contributed by atoms with van der Waals surface area (Å²) in [5, 5.41) is 9.77. The molecular weight excluding hydrogens is 382 g/mol. The molecule has 7 heteroatoms. The van der Waals surface area contributed by atoms with Crippen LogP contribution >= 0.6 is 11.8 Å². The quantitative estimate of drug-likeness (QED) is 0.436. The first kappa shape index (κ1) is 20.1. The van der Waals surface area contributed by atoms with Crippen LogP contribution in [0.1, 0.15) is 13.8 Å². The Bertz CT molecular complexity index is 1010. The Kier molecular flexibility index (Phi) is 5.99. The van der Waals surface area contributed by atoms with Crippen molar-refractivity contribution >= 4 is 28.4 Å². The molecule has 0 atom stereocenters. The van der Waals surface area contributed by atoms with E-state index in [0.717, 1.165) is 55.4 Å². The highest BCUT2D eigenvalue weighted by Crippen LogP contribution is 2.51. The Hall–Kier alpha value is -2.22. The van der Waals surface area contributed by atoms with Gasteiger partial charge in [0.2, 0.25) is 0 Å². The summed E-state index contributed by atoms with van der Waals surface area (Å²) in [6.45, 7) is 9.73. The third-order valence-electron chi connectivity index (χ3n) is 5.51. The van der Waals surface area contributed by atoms with Crippen LogP contribution in [0.3, 0.4) is 0 Å². The Morgan fingerprint density at radius 2 is 2.03 bits per heavy atom. The van der Waals surface area contributed by atoms with Gasteiger partial charge < -0.3 is 20.7 Å². The van der Waals surface area contributed by atoms with Gasteiger partial charge in [-0.3, -0.25) is 4.68 Å². The minimum Gasteiger partial charge on any atom is -0.497 e. The number of methoxy groups -OCH3 is 1. The molecule has 1 aliphatic heterocycles. The maximum Gasteiger partial charge on any atom is 0.119 e. The van der Waals surface area contributed by atoms with Crippen molar-refractivity contribution in [3.8, 4) is 17.0 Å². The van der Waals surface area contributed by atoms with Gasteiger partial charge in [-0.1, -0.05) is 25.6 Å². The molecule has 0 spiro atoms. The van der Waals surface area contributed by atoms with Crippen LogP contribution in [-0.2, 0) is 6.54 Å². The number of ether oxygens (including phenoxy) is 1. The molecule has 1 aromatic heterocycles. The average Bonchev–Trinajstić information content (AvgIpc) is 3.13. The second kappa shape index (κ2) is 8.65. The van der Waals surface area contributed by atoms with E-state index in [-0.39, 0.29) is 0 Å². The third kappa shape index (κ3) is 3.70. The zero-order valence-electron chi connectivity index (χ0n) is 17.4. The van der Waals surface area contributed by atoms with Crippen LogP contribution in [0, 0.1) is 0 Å². The molecule has 29 heavy (non-hydrogen) atoms. The van der Waals surface area contributed by atoms with E-state index in [4.69, 9.17) is 15.6 Å². The lowest BCUT2D eigenvalue weighted by atomic mass is 10.1. The first-order chi connectivity index (χ1) is 14.2. The summed E-state index contributed by atoms with van der Waals surface area (Å²) in [6, 6.07) is 10.6. The Labute approximate surface area is 176 Å². The molecule has 0 amide bonds. The highest BCUT2D eigenvalue weighted by molar-refractivity contribution is 8.00. The number of aromatic nitrogens is 2. The van der Waals surface area contributed by atoms with Gasteiger partial charge in [0.15, 0.2) is 0 Å². The standard InChI is InChI=1S/C22H29N5OS/c1-4-26(5-2)12-13-27-18-8-7-17(24-11-10-23)22-20(18)21(25-27)16-14-15(28-3)6-9-19(16)29-22/h6-9,14,24H,4-5,10-13,23H2,1-3H3. The van der Waals surface area contributed by atoms with Gasteiger partial charge in [0.1, 0.15) is 11.4 Å². The smallest absolute Gasteiger partial charge is 0.119 e. The maximum absolute atomic E-state index is 5.73. The van der Waals surface area contributed by atoms with Crippen molar-refractivity contribution < 1.29 is 4.74 Å². The molecule has 2 aromatic carbocycles. The molecule has 0 aliphatic carbocycles. The van der Waals surface area contributed by atoms with Gasteiger partial charge in [-0.25, -0.2) is 0 Å². The topological polar surface area (TPSA) is 68.3 Å². The van der Waals surface area contributed by atoms with Crippen molar-refractivity contribution in [2.24, 2.45) is 5.73 Å². The highest BCUT2D eigenvalue weighted by atomic mass is 32.2. The van der Waals surface area contributed by atoms with E-state index in [0.29, 0.717) is 6.54 Å². The summed E-state index contributed by atoms with van der Waals surface area (Å²) in [7, 11) is 1.71. The average molecular weight is 412 g/mol. The van der Waals surface area contributed by atoms with Crippen LogP contribution in [0.2, 0.25) is 0 Å². The Morgan fingerprint density at radius 1 is 1.21 bits per heavy atom. The lowest BCUT2D eigenvalue weighted by molar-refractivity contribution is 0.287. The van der Waals surface area contributed by atoms with Crippen LogP contribution < -0.4 is 15.8 Å². The molecule has 3 N–H and O–H groups in total. The summed E-state index contributed by atoms with van der Waals surface area (Å²) in [5.74, 6) is 0.857. The number of fused-ring (bicyclic) bond motifs is 2. The predicted molar refractivity (Wildman–Crippen MR) is 121 cm³/mol. The number of nitrogens with one attached hydrogen (secondary N) is 1. The lowest BCUT2D eigenvalue weighted by Gasteiger charge is -2.19. The second-order valence-electron chi connectivity index (χ2n) is 7.11. The second-order valence-corrected chi connectivity index (χ2v) is 8.17. The zero-order chi connectivity index (χ0) is 20.4. The molecular formula is C22H29N5OS. The van der Waals surface area contributed by atoms with E-state index in [1.807, 2.05) is 6.07 Å². The van der Waals surface area contributed by atoms with E-state index < -0.39 is 0 Å². The van der Waals surface area contributed by atoms with Gasteiger partial charge in [0.25, 0.3) is 0 Å². The first-order valence-corrected chi connectivity index (χ1v) is 11.1. The van der Waals surface area contributed by atoms with E-state index in [2.05, 4.69) is 53.0 Å². The van der Waals surface area contributed by atoms with Crippen molar-refractivity contribution in [2.45, 2.75) is 30.2 Å². The molecule has 0 saturated heterocycles. The molecule has 0 radical (unpaired) electrons. The number of nitrogens with zero attached hydrogens (tertiary/aromatic N) is 3. The molecule has 1 aliphatic rings. The van der Waals surface area contributed by atoms with Gasteiger partial charge in [0, 0.05) is 46.1 Å². The molecule has 2 heterocycles. The number of nitrogens with two attached hydrogens (primary N) is 1. The van der Waals surface area contributed by atoms with Crippen molar-refractivity contribution in [3.63, 3.8) is 0 Å². The van der Waals surface area contributed by atoms with Gasteiger partial charge in [0.05, 0.1) is 19.2 Å². The first-order valence-electron chi connectivity index (χ1n) is 10.3. The van der Waals surface area contributed by atoms with Crippen molar-refractivity contribution in [2.75, 3.05) is 45.2 Å². The fraction of sp³-hybridized carbons (Fsp3) is 0.409. The van der Waals surface area contributed by atoms with Crippen molar-refractivity contribution in [3.05, 3.63) is 30.3 Å². The highest BCUT2D eigenvalue weighted by Gasteiger charge is 2.26. The fourth-order valence-electron chi connectivity index (χ4n) is 3.85. The number of rotatable bonds is 9. The van der Waals surface area contributed by atoms with Crippen LogP contribution in [0.5, 0.6) is 5.75 Å². The fourth-order valence-corrected chi connectivity index (χ4v) is 5.02. The summed E-state index contributed by atoms with van der Waals surface area (Å²) in [6.07, 6.45) is 0. The Balaban J connectivity index is 1.84. The van der Waals surface area contributed by atoms with Gasteiger partial charge in [-0.2, -0.15) is 5.10 Å². The van der Waals surface area contributed by atoms with Gasteiger partial charge in [-0.05, 0) is 43.4 Å². The number of benzene rings is 2. The van der Waals surface area contributed by atoms with Gasteiger partial charge >= 0.3 is 0 Å². The van der Waals surface area contributed by atoms with Crippen molar-refractivity contribution in [1.82, 2.24) is 14.7 Å². The summed E-state index contributed by atoms with van der Waals surface area (Å²) >= 11 is 1.80. The number of likely N-dealkylation sites (N-methyl/N-ethyl adjacent to an activating group) is 1. The number of hydrogen-bond acceptors (Lipinski definition) is 6. The minimum atomic E-state index is 0.603. The summed E-state index contributed by atoms with van der Waals surface area (Å²) in [5.41, 5.74) is 10.2. The molecule has 0 bridgehead atoms. The minimum absolute atomic E-state index is 0.603. The lowest BCUT2D eigenvalue weighted by Crippen LogP contribution is -2.27. The largest absolute Gasteiger partial charge is 0.497 e. The van der Waals surface area contributed by atoms with E-state index in [1.165, 1.54) is 20.7 Å². The molecule has 3 aromatic rings. The van der Waals surface area contributed by atoms with Gasteiger partial charge in [-0.15, -0.1) is 0 Å².